The van der Waals surface area contributed by atoms with Gasteiger partial charge >= 0.3 is 0 Å². The van der Waals surface area contributed by atoms with Crippen molar-refractivity contribution in [1.82, 2.24) is 25.7 Å². The Hall–Kier alpha value is -4.25. The molecule has 6 rings (SSSR count). The minimum atomic E-state index is -0.786. The van der Waals surface area contributed by atoms with Crippen molar-refractivity contribution in [3.8, 4) is 11.1 Å². The van der Waals surface area contributed by atoms with Crippen molar-refractivity contribution in [2.24, 2.45) is 17.6 Å². The standard InChI is InChI=1S/C42H54ClN7O3/c1-4-50(5-2)34-18-15-32(16-19-34)45-41(52)31-14-20-35(26(3)22-31)29-10-6-27(7-11-29)23-38(47-40(51)30-12-8-28(25-44)9-13-30)42(53)46-33-17-21-36-37(24-33)48-49-39(36)43/h6-7,10-11,14,17,20-22,24,28,30,32,34,38H,4-5,8-9,12-13,15-16,18-19,23,25,44H2,1-3H3,(H,45,52)(H,46,53)(H,47,51)(H,48,49). The monoisotopic (exact) mass is 739 g/mol. The van der Waals surface area contributed by atoms with Crippen molar-refractivity contribution >= 4 is 45.9 Å². The molecule has 4 aromatic rings. The zero-order valence-corrected chi connectivity index (χ0v) is 32.0. The molecule has 0 bridgehead atoms. The first-order chi connectivity index (χ1) is 25.6. The van der Waals surface area contributed by atoms with Gasteiger partial charge in [0.05, 0.1) is 5.52 Å². The van der Waals surface area contributed by atoms with Crippen LogP contribution in [0.25, 0.3) is 22.0 Å². The molecule has 1 heterocycles. The topological polar surface area (TPSA) is 145 Å². The summed E-state index contributed by atoms with van der Waals surface area (Å²) in [6, 6.07) is 19.3. The number of hydrogen-bond donors (Lipinski definition) is 5. The van der Waals surface area contributed by atoms with Crippen LogP contribution in [0.3, 0.4) is 0 Å². The number of amides is 3. The van der Waals surface area contributed by atoms with Crippen LogP contribution in [-0.4, -0.2) is 70.6 Å². The van der Waals surface area contributed by atoms with Gasteiger partial charge in [-0.05, 0) is 136 Å². The van der Waals surface area contributed by atoms with E-state index in [0.29, 0.717) is 46.8 Å². The van der Waals surface area contributed by atoms with Crippen molar-refractivity contribution in [3.05, 3.63) is 82.5 Å². The van der Waals surface area contributed by atoms with Crippen molar-refractivity contribution in [2.45, 2.75) is 96.7 Å². The summed E-state index contributed by atoms with van der Waals surface area (Å²) < 4.78 is 0. The predicted molar refractivity (Wildman–Crippen MR) is 213 cm³/mol. The van der Waals surface area contributed by atoms with Crippen LogP contribution in [0, 0.1) is 18.8 Å². The first-order valence-electron chi connectivity index (χ1n) is 19.3. The maximum Gasteiger partial charge on any atom is 0.251 e. The highest BCUT2D eigenvalue weighted by Gasteiger charge is 2.30. The fourth-order valence-corrected chi connectivity index (χ4v) is 8.43. The van der Waals surface area contributed by atoms with Gasteiger partial charge in [-0.3, -0.25) is 19.5 Å². The van der Waals surface area contributed by atoms with E-state index < -0.39 is 6.04 Å². The van der Waals surface area contributed by atoms with Gasteiger partial charge in [0.25, 0.3) is 5.91 Å². The maximum absolute atomic E-state index is 13.8. The first kappa shape index (κ1) is 38.5. The van der Waals surface area contributed by atoms with Crippen LogP contribution in [0.4, 0.5) is 5.69 Å². The number of aryl methyl sites for hydroxylation is 1. The molecule has 2 saturated carbocycles. The molecule has 53 heavy (non-hydrogen) atoms. The number of nitrogens with one attached hydrogen (secondary N) is 4. The number of halogens is 1. The third-order valence-corrected chi connectivity index (χ3v) is 11.8. The summed E-state index contributed by atoms with van der Waals surface area (Å²) in [5.74, 6) is -0.113. The van der Waals surface area contributed by atoms with Crippen molar-refractivity contribution < 1.29 is 14.4 Å². The van der Waals surface area contributed by atoms with Crippen LogP contribution in [0.5, 0.6) is 0 Å². The van der Waals surface area contributed by atoms with Crippen molar-refractivity contribution in [1.29, 1.82) is 0 Å². The Labute approximate surface area is 318 Å². The molecule has 3 aromatic carbocycles. The van der Waals surface area contributed by atoms with E-state index in [0.717, 1.165) is 92.1 Å². The molecule has 1 unspecified atom stereocenters. The summed E-state index contributed by atoms with van der Waals surface area (Å²) in [5, 5.41) is 17.5. The number of fused-ring (bicyclic) bond motifs is 1. The van der Waals surface area contributed by atoms with E-state index in [-0.39, 0.29) is 29.7 Å². The van der Waals surface area contributed by atoms with Gasteiger partial charge < -0.3 is 26.6 Å². The van der Waals surface area contributed by atoms with Gasteiger partial charge in [0.2, 0.25) is 11.8 Å². The van der Waals surface area contributed by atoms with Crippen molar-refractivity contribution in [3.63, 3.8) is 0 Å². The molecule has 3 amide bonds. The predicted octanol–water partition coefficient (Wildman–Crippen LogP) is 7.01. The third kappa shape index (κ3) is 9.47. The van der Waals surface area contributed by atoms with Crippen LogP contribution in [0.15, 0.2) is 60.7 Å². The van der Waals surface area contributed by atoms with Crippen LogP contribution in [-0.2, 0) is 16.0 Å². The van der Waals surface area contributed by atoms with E-state index >= 15 is 0 Å². The Morgan fingerprint density at radius 2 is 1.64 bits per heavy atom. The highest BCUT2D eigenvalue weighted by atomic mass is 35.5. The van der Waals surface area contributed by atoms with E-state index in [1.54, 1.807) is 18.2 Å². The number of rotatable bonds is 13. The number of hydrogen-bond acceptors (Lipinski definition) is 6. The second kappa shape index (κ2) is 17.7. The van der Waals surface area contributed by atoms with E-state index in [4.69, 9.17) is 17.3 Å². The summed E-state index contributed by atoms with van der Waals surface area (Å²) in [7, 11) is 0. The van der Waals surface area contributed by atoms with Crippen LogP contribution in [0.1, 0.15) is 86.7 Å². The molecule has 0 radical (unpaired) electrons. The molecule has 1 atom stereocenters. The van der Waals surface area contributed by atoms with E-state index in [1.165, 1.54) is 0 Å². The Morgan fingerprint density at radius 1 is 0.925 bits per heavy atom. The molecular weight excluding hydrogens is 686 g/mol. The van der Waals surface area contributed by atoms with Gasteiger partial charge in [0, 0.05) is 41.1 Å². The number of H-pyrrole nitrogens is 1. The van der Waals surface area contributed by atoms with Gasteiger partial charge in [-0.25, -0.2) is 0 Å². The maximum atomic E-state index is 13.8. The molecule has 6 N–H and O–H groups in total. The van der Waals surface area contributed by atoms with Gasteiger partial charge in [0.15, 0.2) is 0 Å². The first-order valence-corrected chi connectivity index (χ1v) is 19.7. The lowest BCUT2D eigenvalue weighted by Gasteiger charge is -2.36. The number of nitrogens with zero attached hydrogens (tertiary/aromatic N) is 2. The highest BCUT2D eigenvalue weighted by molar-refractivity contribution is 6.34. The van der Waals surface area contributed by atoms with E-state index in [1.807, 2.05) is 49.4 Å². The van der Waals surface area contributed by atoms with Crippen LogP contribution >= 0.6 is 11.6 Å². The molecule has 11 heteroatoms. The average Bonchev–Trinajstić information content (AvgIpc) is 3.55. The Balaban J connectivity index is 1.11. The molecule has 2 fully saturated rings. The minimum absolute atomic E-state index is 0.0202. The summed E-state index contributed by atoms with van der Waals surface area (Å²) in [4.78, 5) is 43.0. The summed E-state index contributed by atoms with van der Waals surface area (Å²) in [6.45, 7) is 9.24. The lowest BCUT2D eigenvalue weighted by Crippen LogP contribution is -2.48. The number of carbonyl (C=O) groups is 3. The molecule has 2 aliphatic carbocycles. The molecule has 282 valence electrons. The number of aromatic nitrogens is 2. The quantitative estimate of drug-likeness (QED) is 0.0999. The fourth-order valence-electron chi connectivity index (χ4n) is 8.22. The zero-order chi connectivity index (χ0) is 37.5. The van der Waals surface area contributed by atoms with Gasteiger partial charge in [-0.15, -0.1) is 0 Å². The smallest absolute Gasteiger partial charge is 0.251 e. The molecule has 0 spiro atoms. The normalized spacial score (nSPS) is 20.9. The van der Waals surface area contributed by atoms with E-state index in [9.17, 15) is 14.4 Å². The number of anilines is 1. The Kier molecular flexibility index (Phi) is 12.9. The van der Waals surface area contributed by atoms with Gasteiger partial charge in [-0.2, -0.15) is 5.10 Å². The van der Waals surface area contributed by atoms with E-state index in [2.05, 4.69) is 44.9 Å². The summed E-state index contributed by atoms with van der Waals surface area (Å²) in [6.07, 6.45) is 7.95. The summed E-state index contributed by atoms with van der Waals surface area (Å²) >= 11 is 6.17. The molecule has 0 saturated heterocycles. The molecular formula is C42H54ClN7O3. The lowest BCUT2D eigenvalue weighted by atomic mass is 9.81. The molecule has 2 aliphatic rings. The third-order valence-electron chi connectivity index (χ3n) is 11.5. The summed E-state index contributed by atoms with van der Waals surface area (Å²) in [5.41, 5.74) is 11.7. The van der Waals surface area contributed by atoms with Crippen molar-refractivity contribution in [2.75, 3.05) is 25.0 Å². The molecule has 1 aromatic heterocycles. The minimum Gasteiger partial charge on any atom is -0.349 e. The lowest BCUT2D eigenvalue weighted by molar-refractivity contribution is -0.130. The number of benzene rings is 3. The zero-order valence-electron chi connectivity index (χ0n) is 31.2. The largest absolute Gasteiger partial charge is 0.349 e. The SMILES string of the molecule is CCN(CC)C1CCC(NC(=O)c2ccc(-c3ccc(CC(NC(=O)C4CCC(CN)CC4)C(=O)Nc4ccc5c(Cl)[nH]nc5c4)cc3)c(C)c2)CC1. The number of carbonyl (C=O) groups excluding carboxylic acids is 3. The highest BCUT2D eigenvalue weighted by Crippen LogP contribution is 2.30. The van der Waals surface area contributed by atoms with Crippen LogP contribution in [0.2, 0.25) is 5.15 Å². The number of nitrogens with two attached hydrogens (primary N) is 1. The second-order valence-electron chi connectivity index (χ2n) is 14.9. The van der Waals surface area contributed by atoms with Gasteiger partial charge in [0.1, 0.15) is 11.2 Å². The Bertz CT molecular complexity index is 1870. The Morgan fingerprint density at radius 3 is 2.30 bits per heavy atom. The average molecular weight is 740 g/mol. The second-order valence-corrected chi connectivity index (χ2v) is 15.3. The van der Waals surface area contributed by atoms with Crippen LogP contribution < -0.4 is 21.7 Å². The molecule has 0 aliphatic heterocycles. The fraction of sp³-hybridized carbons (Fsp3) is 0.476. The number of aromatic amines is 1. The van der Waals surface area contributed by atoms with Gasteiger partial charge in [-0.1, -0.05) is 55.8 Å². The molecule has 10 nitrogen and oxygen atoms in total.